The van der Waals surface area contributed by atoms with E-state index in [1.54, 1.807) is 34.8 Å². The highest BCUT2D eigenvalue weighted by atomic mass is 33.1. The third-order valence-electron chi connectivity index (χ3n) is 15.0. The molecule has 5 aromatic rings. The van der Waals surface area contributed by atoms with E-state index in [-0.39, 0.29) is 47.8 Å². The van der Waals surface area contributed by atoms with Crippen molar-refractivity contribution in [3.8, 4) is 17.2 Å². The minimum Gasteiger partial charge on any atom is -0.493 e. The standard InChI is InChI=1S/C61H74N6O7S2/c1-8-62-25-15-9-10-19-48(68)20-16-26-75-76-61(3,4)24-23-58(69)63-45-29-41(38-73-55-34-53-49(27-40(55)2)59(70)66-46(36-64(53)5)31-43-17-11-13-21-51(43)66)28-42(30-45)39-74-57-35-54-50(33-56(57)72-7)60(71)67-47(37-65(54)6)32-44-18-12-14-22-52(44)67/h11-14,17-18,21-22,27-30,33-35,46-47,62H,8-10,15-16,19-20,23-26,31-32,36-39H2,1-7H3,(H,63,69)/t46-,47-/m1/s1. The molecule has 3 amide bonds. The van der Waals surface area contributed by atoms with Crippen LogP contribution in [0.5, 0.6) is 17.2 Å². The number of ether oxygens (including phenoxy) is 3. The van der Waals surface area contributed by atoms with Gasteiger partial charge in [0.25, 0.3) is 11.8 Å². The van der Waals surface area contributed by atoms with Crippen LogP contribution in [0.2, 0.25) is 0 Å². The van der Waals surface area contributed by atoms with Gasteiger partial charge in [0.1, 0.15) is 24.7 Å². The normalized spacial score (nSPS) is 16.5. The number of fused-ring (bicyclic) bond motifs is 8. The number of hydrogen-bond donors (Lipinski definition) is 2. The number of carbonyl (C=O) groups excluding carboxylic acids is 4. The number of amides is 3. The SMILES string of the molecule is CCNCCCCCC(=O)CCCSSC(C)(C)CCC(=O)Nc1cc(COc2cc3c(cc2C)C(=O)N2c4ccccc4C[C@@H]2CN3C)cc(COc2cc3c(cc2OC)C(=O)N2c4ccccc4C[C@@H]2CN3C)c1. The molecule has 402 valence electrons. The molecule has 0 aliphatic carbocycles. The third-order valence-corrected chi connectivity index (χ3v) is 18.5. The Hall–Kier alpha value is -6.16. The Morgan fingerprint density at radius 2 is 1.26 bits per heavy atom. The highest BCUT2D eigenvalue weighted by molar-refractivity contribution is 8.77. The van der Waals surface area contributed by atoms with E-state index in [1.807, 2.05) is 104 Å². The van der Waals surface area contributed by atoms with Crippen LogP contribution in [-0.2, 0) is 35.6 Å². The minimum absolute atomic E-state index is 0.000254. The Bertz CT molecular complexity index is 2950. The van der Waals surface area contributed by atoms with Crippen LogP contribution >= 0.6 is 21.6 Å². The molecule has 4 aliphatic heterocycles. The van der Waals surface area contributed by atoms with E-state index in [2.05, 4.69) is 53.3 Å². The lowest BCUT2D eigenvalue weighted by Gasteiger charge is -2.25. The Balaban J connectivity index is 0.887. The van der Waals surface area contributed by atoms with Gasteiger partial charge in [-0.05, 0) is 143 Å². The number of Topliss-reactive ketones (excluding diaryl/α,β-unsaturated/α-hetero) is 1. The Labute approximate surface area is 457 Å². The van der Waals surface area contributed by atoms with Crippen molar-refractivity contribution in [2.24, 2.45) is 0 Å². The molecule has 0 aromatic heterocycles. The van der Waals surface area contributed by atoms with Gasteiger partial charge in [-0.1, -0.05) is 71.3 Å². The number of para-hydroxylation sites is 2. The van der Waals surface area contributed by atoms with Crippen LogP contribution in [0.1, 0.15) is 121 Å². The average Bonchev–Trinajstić information content (AvgIpc) is 3.94. The van der Waals surface area contributed by atoms with Crippen molar-refractivity contribution in [3.63, 3.8) is 0 Å². The number of aryl methyl sites for hydroxylation is 1. The number of methoxy groups -OCH3 is 1. The molecule has 0 saturated carbocycles. The van der Waals surface area contributed by atoms with E-state index in [4.69, 9.17) is 14.2 Å². The molecule has 0 bridgehead atoms. The highest BCUT2D eigenvalue weighted by Gasteiger charge is 2.41. The number of anilines is 5. The van der Waals surface area contributed by atoms with E-state index in [0.29, 0.717) is 78.6 Å². The summed E-state index contributed by atoms with van der Waals surface area (Å²) >= 11 is 0. The van der Waals surface area contributed by atoms with Gasteiger partial charge >= 0.3 is 0 Å². The van der Waals surface area contributed by atoms with E-state index in [9.17, 15) is 19.2 Å². The third kappa shape index (κ3) is 12.6. The van der Waals surface area contributed by atoms with Crippen LogP contribution in [0.25, 0.3) is 0 Å². The molecule has 0 spiro atoms. The Kier molecular flexibility index (Phi) is 17.6. The van der Waals surface area contributed by atoms with E-state index in [1.165, 1.54) is 11.1 Å². The first-order chi connectivity index (χ1) is 36.7. The monoisotopic (exact) mass is 1070 g/mol. The molecule has 13 nitrogen and oxygen atoms in total. The lowest BCUT2D eigenvalue weighted by molar-refractivity contribution is -0.119. The summed E-state index contributed by atoms with van der Waals surface area (Å²) in [5.41, 5.74) is 10.2. The number of rotatable bonds is 24. The second-order valence-electron chi connectivity index (χ2n) is 21.4. The summed E-state index contributed by atoms with van der Waals surface area (Å²) in [6.07, 6.45) is 7.89. The van der Waals surface area contributed by atoms with Crippen LogP contribution < -0.4 is 44.4 Å². The number of hydrogen-bond acceptors (Lipinski definition) is 12. The zero-order chi connectivity index (χ0) is 53.5. The quantitative estimate of drug-likeness (QED) is 0.0450. The van der Waals surface area contributed by atoms with Crippen molar-refractivity contribution in [1.82, 2.24) is 5.32 Å². The fourth-order valence-corrected chi connectivity index (χ4v) is 13.7. The van der Waals surface area contributed by atoms with Gasteiger partial charge in [-0.3, -0.25) is 19.2 Å². The molecule has 4 aliphatic rings. The zero-order valence-corrected chi connectivity index (χ0v) is 46.9. The summed E-state index contributed by atoms with van der Waals surface area (Å²) in [4.78, 5) is 63.0. The number of likely N-dealkylation sites (N-methyl/N-ethyl adjacent to an activating group) is 2. The summed E-state index contributed by atoms with van der Waals surface area (Å²) in [6.45, 7) is 12.1. The fraction of sp³-hybridized carbons (Fsp3) is 0.443. The molecule has 9 rings (SSSR count). The second-order valence-corrected chi connectivity index (χ2v) is 24.5. The Morgan fingerprint density at radius 1 is 0.684 bits per heavy atom. The number of nitrogens with zero attached hydrogens (tertiary/aromatic N) is 4. The van der Waals surface area contributed by atoms with Crippen molar-refractivity contribution in [2.45, 2.75) is 122 Å². The van der Waals surface area contributed by atoms with Gasteiger partial charge in [0.2, 0.25) is 5.91 Å². The van der Waals surface area contributed by atoms with Crippen LogP contribution in [0, 0.1) is 6.92 Å². The first-order valence-corrected chi connectivity index (χ1v) is 29.3. The molecular formula is C61H74N6O7S2. The van der Waals surface area contributed by atoms with Gasteiger partial charge in [-0.2, -0.15) is 0 Å². The lowest BCUT2D eigenvalue weighted by Crippen LogP contribution is -2.41. The van der Waals surface area contributed by atoms with Crippen molar-refractivity contribution in [3.05, 3.63) is 130 Å². The van der Waals surface area contributed by atoms with Crippen molar-refractivity contribution in [2.75, 3.05) is 78.1 Å². The maximum atomic E-state index is 14.3. The molecule has 15 heteroatoms. The Morgan fingerprint density at radius 3 is 1.88 bits per heavy atom. The van der Waals surface area contributed by atoms with Crippen molar-refractivity contribution in [1.29, 1.82) is 0 Å². The van der Waals surface area contributed by atoms with E-state index < -0.39 is 0 Å². The molecule has 0 unspecified atom stereocenters. The first-order valence-electron chi connectivity index (χ1n) is 27.0. The molecule has 5 aromatic carbocycles. The molecule has 2 atom stereocenters. The summed E-state index contributed by atoms with van der Waals surface area (Å²) < 4.78 is 19.0. The predicted octanol–water partition coefficient (Wildman–Crippen LogP) is 11.6. The van der Waals surface area contributed by atoms with Gasteiger partial charge in [-0.25, -0.2) is 0 Å². The summed E-state index contributed by atoms with van der Waals surface area (Å²) in [5, 5.41) is 6.52. The summed E-state index contributed by atoms with van der Waals surface area (Å²) in [7, 11) is 9.18. The molecular weight excluding hydrogens is 993 g/mol. The second kappa shape index (κ2) is 24.4. The summed E-state index contributed by atoms with van der Waals surface area (Å²) in [6, 6.07) is 29.8. The van der Waals surface area contributed by atoms with Crippen molar-refractivity contribution >= 4 is 73.5 Å². The molecule has 2 N–H and O–H groups in total. The number of ketones is 1. The number of carbonyl (C=O) groups is 4. The smallest absolute Gasteiger partial charge is 0.260 e. The van der Waals surface area contributed by atoms with Gasteiger partial charge in [-0.15, -0.1) is 0 Å². The number of unbranched alkanes of at least 4 members (excludes halogenated alkanes) is 2. The van der Waals surface area contributed by atoms with Gasteiger partial charge in [0.05, 0.1) is 41.7 Å². The highest BCUT2D eigenvalue weighted by Crippen LogP contribution is 2.44. The maximum absolute atomic E-state index is 14.3. The fourth-order valence-electron chi connectivity index (χ4n) is 11.1. The number of benzene rings is 5. The number of nitrogens with one attached hydrogen (secondary N) is 2. The molecule has 0 fully saturated rings. The van der Waals surface area contributed by atoms with Crippen LogP contribution in [0.15, 0.2) is 91.0 Å². The minimum atomic E-state index is -0.162. The van der Waals surface area contributed by atoms with E-state index in [0.717, 1.165) is 96.8 Å². The van der Waals surface area contributed by atoms with Crippen LogP contribution in [0.3, 0.4) is 0 Å². The maximum Gasteiger partial charge on any atom is 0.260 e. The largest absolute Gasteiger partial charge is 0.493 e. The summed E-state index contributed by atoms with van der Waals surface area (Å²) in [5.74, 6) is 2.68. The zero-order valence-electron chi connectivity index (χ0n) is 45.3. The van der Waals surface area contributed by atoms with Gasteiger partial charge in [0.15, 0.2) is 11.5 Å². The molecule has 0 saturated heterocycles. The lowest BCUT2D eigenvalue weighted by atomic mass is 10.1. The topological polar surface area (TPSA) is 133 Å². The average molecular weight is 1070 g/mol. The van der Waals surface area contributed by atoms with E-state index >= 15 is 0 Å². The van der Waals surface area contributed by atoms with Gasteiger partial charge < -0.3 is 44.4 Å². The molecule has 76 heavy (non-hydrogen) atoms. The first kappa shape index (κ1) is 54.6. The van der Waals surface area contributed by atoms with Crippen LogP contribution in [-0.4, -0.2) is 93.5 Å². The molecule has 0 radical (unpaired) electrons. The van der Waals surface area contributed by atoms with Gasteiger partial charge in [0, 0.05) is 86.1 Å². The van der Waals surface area contributed by atoms with Crippen molar-refractivity contribution < 1.29 is 33.4 Å². The van der Waals surface area contributed by atoms with Crippen LogP contribution in [0.4, 0.5) is 28.4 Å². The molecule has 4 heterocycles. The predicted molar refractivity (Wildman–Crippen MR) is 311 cm³/mol.